The van der Waals surface area contributed by atoms with Crippen molar-refractivity contribution in [3.8, 4) is 22.3 Å². The molecule has 0 saturated heterocycles. The van der Waals surface area contributed by atoms with Crippen molar-refractivity contribution in [2.75, 3.05) is 9.80 Å². The first-order valence-corrected chi connectivity index (χ1v) is 25.9. The maximum Gasteiger partial charge on any atom is 0.178 e. The van der Waals surface area contributed by atoms with Crippen LogP contribution in [0.1, 0.15) is 61.1 Å². The number of nitrogens with zero attached hydrogens (tertiary/aromatic N) is 2. The maximum absolute atomic E-state index is 6.94. The summed E-state index contributed by atoms with van der Waals surface area (Å²) in [5.74, 6) is 0. The number of benzene rings is 11. The summed E-state index contributed by atoms with van der Waals surface area (Å²) in [4.78, 5) is 4.92. The molecule has 74 heavy (non-hydrogen) atoms. The molecule has 0 atom stereocenters. The third-order valence-electron chi connectivity index (χ3n) is 16.8. The van der Waals surface area contributed by atoms with E-state index in [1.54, 1.807) is 0 Å². The van der Waals surface area contributed by atoms with Crippen LogP contribution in [0.4, 0.5) is 34.1 Å². The van der Waals surface area contributed by atoms with Crippen LogP contribution in [0, 0.1) is 13.8 Å². The molecule has 0 radical (unpaired) electrons. The Balaban J connectivity index is 0.856. The number of furan rings is 2. The Morgan fingerprint density at radius 2 is 0.716 bits per heavy atom. The van der Waals surface area contributed by atoms with Crippen molar-refractivity contribution in [3.63, 3.8) is 0 Å². The molecule has 0 aliphatic heterocycles. The number of anilines is 6. The molecule has 0 amide bonds. The summed E-state index contributed by atoms with van der Waals surface area (Å²) in [5, 5.41) is 8.76. The topological polar surface area (TPSA) is 32.8 Å². The zero-order chi connectivity index (χ0) is 49.8. The molecule has 11 aromatic carbocycles. The second kappa shape index (κ2) is 15.3. The van der Waals surface area contributed by atoms with Crippen LogP contribution in [0.2, 0.25) is 0 Å². The van der Waals surface area contributed by atoms with Crippen LogP contribution in [-0.4, -0.2) is 0 Å². The smallest absolute Gasteiger partial charge is 0.178 e. The minimum absolute atomic E-state index is 0.185. The van der Waals surface area contributed by atoms with Crippen LogP contribution < -0.4 is 9.80 Å². The summed E-state index contributed by atoms with van der Waals surface area (Å²) < 4.78 is 13.9. The minimum Gasteiger partial charge on any atom is -0.452 e. The van der Waals surface area contributed by atoms with E-state index in [0.29, 0.717) is 0 Å². The summed E-state index contributed by atoms with van der Waals surface area (Å²) >= 11 is 0. The summed E-state index contributed by atoms with van der Waals surface area (Å²) in [5.41, 5.74) is 22.8. The van der Waals surface area contributed by atoms with Gasteiger partial charge in [0.15, 0.2) is 11.2 Å². The van der Waals surface area contributed by atoms with Crippen molar-refractivity contribution in [3.05, 3.63) is 240 Å². The highest BCUT2D eigenvalue weighted by molar-refractivity contribution is 6.21. The van der Waals surface area contributed by atoms with Gasteiger partial charge in [0.05, 0.1) is 11.4 Å². The van der Waals surface area contributed by atoms with E-state index in [1.165, 1.54) is 67.0 Å². The van der Waals surface area contributed by atoms with Crippen molar-refractivity contribution in [1.82, 2.24) is 0 Å². The van der Waals surface area contributed by atoms with Crippen LogP contribution in [0.5, 0.6) is 0 Å². The van der Waals surface area contributed by atoms with Crippen molar-refractivity contribution in [1.29, 1.82) is 0 Å². The van der Waals surface area contributed by atoms with E-state index in [-0.39, 0.29) is 10.8 Å². The van der Waals surface area contributed by atoms with E-state index in [9.17, 15) is 0 Å². The molecule has 0 saturated carbocycles. The Labute approximate surface area is 430 Å². The standard InChI is InChI=1S/C70H52N2O2/c1-41-17-7-13-25-59(41)71(61-27-15-21-51-49-19-9-11-23-57(49)69(3,4)65(51)61)47-31-29-43-37-55-53-33-34-54-56-38-44-30-32-48(36-46(44)40-64(56)74-68(54)67(53)73-63(55)39-45(43)35-47)72(60-26-14-8-18-42(60)2)62-28-16-22-52-50-20-10-12-24-58(50)70(5,6)66(52)62/h7-40H,1-6H3. The molecular formula is C70H52N2O2. The van der Waals surface area contributed by atoms with Gasteiger partial charge in [0.2, 0.25) is 0 Å². The van der Waals surface area contributed by atoms with Gasteiger partial charge in [-0.05, 0) is 176 Å². The lowest BCUT2D eigenvalue weighted by Gasteiger charge is -2.33. The number of fused-ring (bicyclic) bond motifs is 15. The van der Waals surface area contributed by atoms with Gasteiger partial charge in [0, 0.05) is 55.1 Å². The number of para-hydroxylation sites is 2. The zero-order valence-electron chi connectivity index (χ0n) is 42.3. The maximum atomic E-state index is 6.94. The molecule has 15 rings (SSSR count). The molecule has 2 aliphatic rings. The molecule has 4 heteroatoms. The molecular weight excluding hydrogens is 901 g/mol. The Bertz CT molecular complexity index is 4260. The van der Waals surface area contributed by atoms with Crippen molar-refractivity contribution >= 4 is 99.5 Å². The minimum atomic E-state index is -0.185. The fourth-order valence-corrected chi connectivity index (χ4v) is 13.3. The zero-order valence-corrected chi connectivity index (χ0v) is 42.3. The van der Waals surface area contributed by atoms with E-state index in [4.69, 9.17) is 8.83 Å². The van der Waals surface area contributed by atoms with Gasteiger partial charge >= 0.3 is 0 Å². The lowest BCUT2D eigenvalue weighted by molar-refractivity contribution is 0.634. The summed E-state index contributed by atoms with van der Waals surface area (Å²) in [7, 11) is 0. The normalized spacial score (nSPS) is 14.0. The second-order valence-electron chi connectivity index (χ2n) is 21.8. The average Bonchev–Trinajstić information content (AvgIpc) is 4.17. The van der Waals surface area contributed by atoms with Gasteiger partial charge in [-0.15, -0.1) is 0 Å². The molecule has 0 bridgehead atoms. The highest BCUT2D eigenvalue weighted by atomic mass is 16.4. The van der Waals surface area contributed by atoms with Crippen LogP contribution in [0.25, 0.3) is 87.7 Å². The molecule has 13 aromatic rings. The van der Waals surface area contributed by atoms with E-state index >= 15 is 0 Å². The molecule has 0 N–H and O–H groups in total. The van der Waals surface area contributed by atoms with Crippen molar-refractivity contribution in [2.24, 2.45) is 0 Å². The van der Waals surface area contributed by atoms with Crippen LogP contribution in [0.15, 0.2) is 215 Å². The molecule has 4 nitrogen and oxygen atoms in total. The molecule has 2 heterocycles. The predicted molar refractivity (Wildman–Crippen MR) is 310 cm³/mol. The summed E-state index contributed by atoms with van der Waals surface area (Å²) in [6, 6.07) is 75.9. The third-order valence-corrected chi connectivity index (χ3v) is 16.8. The molecule has 0 spiro atoms. The number of hydrogen-bond donors (Lipinski definition) is 0. The van der Waals surface area contributed by atoms with Gasteiger partial charge in [-0.3, -0.25) is 0 Å². The van der Waals surface area contributed by atoms with Crippen molar-refractivity contribution < 1.29 is 8.83 Å². The molecule has 2 aromatic heterocycles. The van der Waals surface area contributed by atoms with Crippen LogP contribution in [-0.2, 0) is 10.8 Å². The average molecular weight is 953 g/mol. The van der Waals surface area contributed by atoms with E-state index < -0.39 is 0 Å². The predicted octanol–water partition coefficient (Wildman–Crippen LogP) is 20.0. The Morgan fingerprint density at radius 3 is 1.16 bits per heavy atom. The van der Waals surface area contributed by atoms with E-state index in [1.807, 2.05) is 0 Å². The van der Waals surface area contributed by atoms with Gasteiger partial charge in [-0.2, -0.15) is 0 Å². The summed E-state index contributed by atoms with van der Waals surface area (Å²) in [6.07, 6.45) is 0. The molecule has 0 fully saturated rings. The SMILES string of the molecule is Cc1ccccc1N(c1ccc2cc3c(cc2c1)oc1c3ccc2c3cc4ccc(N(c5ccccc5C)c5cccc6c5C(C)(C)c5ccccc5-6)cc4cc3oc21)c1cccc2c1C(C)(C)c1ccccc1-2. The first kappa shape index (κ1) is 42.8. The third kappa shape index (κ3) is 5.97. The first-order chi connectivity index (χ1) is 36.0. The van der Waals surface area contributed by atoms with Gasteiger partial charge < -0.3 is 18.6 Å². The fourth-order valence-electron chi connectivity index (χ4n) is 13.3. The van der Waals surface area contributed by atoms with Gasteiger partial charge in [0.1, 0.15) is 11.2 Å². The number of rotatable bonds is 6. The van der Waals surface area contributed by atoms with Crippen LogP contribution >= 0.6 is 0 Å². The van der Waals surface area contributed by atoms with E-state index in [0.717, 1.165) is 88.2 Å². The van der Waals surface area contributed by atoms with Crippen molar-refractivity contribution in [2.45, 2.75) is 52.4 Å². The second-order valence-corrected chi connectivity index (χ2v) is 21.8. The highest BCUT2D eigenvalue weighted by Crippen LogP contribution is 2.56. The number of hydrogen-bond acceptors (Lipinski definition) is 4. The molecule has 2 aliphatic carbocycles. The lowest BCUT2D eigenvalue weighted by atomic mass is 9.81. The Morgan fingerprint density at radius 1 is 0.324 bits per heavy atom. The van der Waals surface area contributed by atoms with Gasteiger partial charge in [-0.25, -0.2) is 0 Å². The quantitative estimate of drug-likeness (QED) is 0.166. The molecule has 354 valence electrons. The Hall–Kier alpha value is -8.86. The lowest BCUT2D eigenvalue weighted by Crippen LogP contribution is -2.21. The Kier molecular flexibility index (Phi) is 8.87. The van der Waals surface area contributed by atoms with E-state index in [2.05, 4.69) is 258 Å². The van der Waals surface area contributed by atoms with Crippen LogP contribution in [0.3, 0.4) is 0 Å². The first-order valence-electron chi connectivity index (χ1n) is 25.9. The fraction of sp³-hybridized carbons (Fsp3) is 0.114. The highest BCUT2D eigenvalue weighted by Gasteiger charge is 2.40. The van der Waals surface area contributed by atoms with Gasteiger partial charge in [0.25, 0.3) is 0 Å². The monoisotopic (exact) mass is 952 g/mol. The molecule has 0 unspecified atom stereocenters. The number of aryl methyl sites for hydroxylation is 2. The van der Waals surface area contributed by atoms with Gasteiger partial charge in [-0.1, -0.05) is 149 Å². The summed E-state index contributed by atoms with van der Waals surface area (Å²) in [6.45, 7) is 13.9. The largest absolute Gasteiger partial charge is 0.452 e.